The molecular weight excluding hydrogens is 390 g/mol. The van der Waals surface area contributed by atoms with Gasteiger partial charge in [0.1, 0.15) is 9.84 Å². The van der Waals surface area contributed by atoms with Crippen LogP contribution in [0.3, 0.4) is 0 Å². The number of likely N-dealkylation sites (tertiary alicyclic amines) is 1. The summed E-state index contributed by atoms with van der Waals surface area (Å²) in [6, 6.07) is 7.55. The molecule has 0 bridgehead atoms. The average molecular weight is 414 g/mol. The van der Waals surface area contributed by atoms with Gasteiger partial charge in [0.15, 0.2) is 0 Å². The zero-order valence-electron chi connectivity index (χ0n) is 16.3. The second-order valence-electron chi connectivity index (χ2n) is 7.93. The molecule has 1 N–H and O–H groups in total. The van der Waals surface area contributed by atoms with Gasteiger partial charge < -0.3 is 5.32 Å². The largest absolute Gasteiger partial charge is 0.325 e. The van der Waals surface area contributed by atoms with E-state index in [0.29, 0.717) is 31.5 Å². The molecule has 0 radical (unpaired) electrons. The van der Waals surface area contributed by atoms with Crippen LogP contribution in [0.4, 0.5) is 5.69 Å². The van der Waals surface area contributed by atoms with Gasteiger partial charge in [-0.3, -0.25) is 14.4 Å². The van der Waals surface area contributed by atoms with Crippen molar-refractivity contribution in [1.82, 2.24) is 14.7 Å². The summed E-state index contributed by atoms with van der Waals surface area (Å²) in [6.07, 6.45) is 6.26. The van der Waals surface area contributed by atoms with Crippen LogP contribution in [0.5, 0.6) is 0 Å². The highest BCUT2D eigenvalue weighted by atomic mass is 32.2. The van der Waals surface area contributed by atoms with E-state index >= 15 is 0 Å². The van der Waals surface area contributed by atoms with Crippen molar-refractivity contribution in [2.75, 3.05) is 30.4 Å². The van der Waals surface area contributed by atoms with Gasteiger partial charge in [0.25, 0.3) is 0 Å². The van der Waals surface area contributed by atoms with Crippen LogP contribution in [0.2, 0.25) is 0 Å². The molecule has 1 amide bonds. The number of rotatable bonds is 5. The molecule has 0 saturated carbocycles. The van der Waals surface area contributed by atoms with Gasteiger partial charge in [-0.25, -0.2) is 8.42 Å². The zero-order valence-corrected chi connectivity index (χ0v) is 17.1. The number of anilines is 1. The number of sulfone groups is 1. The highest BCUT2D eigenvalue weighted by Crippen LogP contribution is 2.45. The van der Waals surface area contributed by atoms with E-state index < -0.39 is 15.3 Å². The van der Waals surface area contributed by atoms with Crippen LogP contribution >= 0.6 is 0 Å². The van der Waals surface area contributed by atoms with Crippen molar-refractivity contribution < 1.29 is 13.2 Å². The van der Waals surface area contributed by atoms with Gasteiger partial charge in [-0.15, -0.1) is 0 Å². The number of aryl methyl sites for hydroxylation is 1. The summed E-state index contributed by atoms with van der Waals surface area (Å²) < 4.78 is 24.3. The Hall–Kier alpha value is -2.70. The van der Waals surface area contributed by atoms with Crippen molar-refractivity contribution in [3.8, 4) is 6.07 Å². The van der Waals surface area contributed by atoms with Crippen molar-refractivity contribution >= 4 is 21.4 Å². The first-order valence-corrected chi connectivity index (χ1v) is 11.6. The van der Waals surface area contributed by atoms with Crippen LogP contribution in [0.1, 0.15) is 29.5 Å². The predicted molar refractivity (Wildman–Crippen MR) is 108 cm³/mol. The maximum absolute atomic E-state index is 12.8. The van der Waals surface area contributed by atoms with Crippen molar-refractivity contribution in [1.29, 1.82) is 5.26 Å². The number of carbonyl (C=O) groups excluding carboxylic acids is 1. The predicted octanol–water partition coefficient (Wildman–Crippen LogP) is 1.29. The van der Waals surface area contributed by atoms with E-state index in [1.54, 1.807) is 16.9 Å². The number of benzene rings is 1. The third kappa shape index (κ3) is 3.91. The number of nitrogens with one attached hydrogen (secondary N) is 1. The van der Waals surface area contributed by atoms with E-state index in [0.717, 1.165) is 29.9 Å². The molecule has 9 heteroatoms. The summed E-state index contributed by atoms with van der Waals surface area (Å²) in [5.74, 6) is 0.0929. The molecule has 152 valence electrons. The average Bonchev–Trinajstić information content (AvgIpc) is 3.24. The highest BCUT2D eigenvalue weighted by molar-refractivity contribution is 7.90. The fraction of sp³-hybridized carbons (Fsp3) is 0.450. The topological polar surface area (TPSA) is 108 Å². The molecular formula is C20H23N5O3S. The van der Waals surface area contributed by atoms with Gasteiger partial charge in [0.05, 0.1) is 35.5 Å². The Kier molecular flexibility index (Phi) is 4.92. The summed E-state index contributed by atoms with van der Waals surface area (Å²) in [5, 5.41) is 16.4. The number of fused-ring (bicyclic) bond motifs is 2. The maximum atomic E-state index is 12.8. The fourth-order valence-electron chi connectivity index (χ4n) is 4.20. The first kappa shape index (κ1) is 19.6. The number of hydrogen-bond acceptors (Lipinski definition) is 6. The Morgan fingerprint density at radius 3 is 2.76 bits per heavy atom. The van der Waals surface area contributed by atoms with Crippen LogP contribution in [0.25, 0.3) is 0 Å². The Morgan fingerprint density at radius 1 is 1.31 bits per heavy atom. The summed E-state index contributed by atoms with van der Waals surface area (Å²) >= 11 is 0. The Morgan fingerprint density at radius 2 is 2.07 bits per heavy atom. The normalized spacial score (nSPS) is 18.4. The van der Waals surface area contributed by atoms with Crippen molar-refractivity contribution in [2.24, 2.45) is 0 Å². The molecule has 0 unspecified atom stereocenters. The molecule has 29 heavy (non-hydrogen) atoms. The summed E-state index contributed by atoms with van der Waals surface area (Å²) in [4.78, 5) is 15.0. The van der Waals surface area contributed by atoms with E-state index in [1.165, 1.54) is 6.26 Å². The van der Waals surface area contributed by atoms with E-state index in [-0.39, 0.29) is 11.7 Å². The Balaban J connectivity index is 1.41. The van der Waals surface area contributed by atoms with Gasteiger partial charge in [-0.2, -0.15) is 10.4 Å². The molecule has 2 aliphatic rings. The van der Waals surface area contributed by atoms with E-state index in [1.807, 2.05) is 18.3 Å². The van der Waals surface area contributed by atoms with E-state index in [4.69, 9.17) is 0 Å². The molecule has 0 aliphatic carbocycles. The minimum atomic E-state index is -3.02. The number of nitrogens with zero attached hydrogens (tertiary/aromatic N) is 4. The molecule has 1 aromatic heterocycles. The first-order chi connectivity index (χ1) is 13.8. The smallest absolute Gasteiger partial charge is 0.235 e. The van der Waals surface area contributed by atoms with Gasteiger partial charge in [-0.05, 0) is 49.7 Å². The van der Waals surface area contributed by atoms with Crippen LogP contribution in [0, 0.1) is 11.3 Å². The minimum absolute atomic E-state index is 0.0239. The molecule has 0 atom stereocenters. The molecule has 1 fully saturated rings. The number of piperidine rings is 1. The standard InChI is InChI=1S/C20H23N5O3S/c1-29(27,28)9-8-25-14-16(12-22-25)13-24-6-4-20(5-7-24)17-10-15(11-21)2-3-18(17)23-19(20)26/h2-3,10,12,14H,4-9,13H2,1H3,(H,23,26). The SMILES string of the molecule is CS(=O)(=O)CCn1cc(CN2CCC3(CC2)C(=O)Nc2ccc(C#N)cc23)cn1. The first-order valence-electron chi connectivity index (χ1n) is 9.57. The van der Waals surface area contributed by atoms with Crippen LogP contribution in [-0.4, -0.2) is 54.1 Å². The van der Waals surface area contributed by atoms with Crippen molar-refractivity contribution in [3.05, 3.63) is 47.3 Å². The van der Waals surface area contributed by atoms with E-state index in [9.17, 15) is 18.5 Å². The molecule has 1 saturated heterocycles. The quantitative estimate of drug-likeness (QED) is 0.791. The Bertz CT molecular complexity index is 1090. The van der Waals surface area contributed by atoms with Crippen molar-refractivity contribution in [2.45, 2.75) is 31.3 Å². The van der Waals surface area contributed by atoms with Crippen LogP contribution < -0.4 is 5.32 Å². The third-order valence-electron chi connectivity index (χ3n) is 5.84. The lowest BCUT2D eigenvalue weighted by Crippen LogP contribution is -2.46. The molecule has 8 nitrogen and oxygen atoms in total. The van der Waals surface area contributed by atoms with Gasteiger partial charge in [0.2, 0.25) is 5.91 Å². The molecule has 4 rings (SSSR count). The zero-order chi connectivity index (χ0) is 20.6. The lowest BCUT2D eigenvalue weighted by Gasteiger charge is -2.37. The number of aromatic nitrogens is 2. The molecule has 3 heterocycles. The lowest BCUT2D eigenvalue weighted by molar-refractivity contribution is -0.122. The molecule has 1 spiro atoms. The van der Waals surface area contributed by atoms with Crippen molar-refractivity contribution in [3.63, 3.8) is 0 Å². The summed E-state index contributed by atoms with van der Waals surface area (Å²) in [7, 11) is -3.02. The second kappa shape index (κ2) is 7.28. The monoisotopic (exact) mass is 413 g/mol. The maximum Gasteiger partial charge on any atom is 0.235 e. The fourth-order valence-corrected chi connectivity index (χ4v) is 4.72. The summed E-state index contributed by atoms with van der Waals surface area (Å²) in [6.45, 7) is 2.58. The van der Waals surface area contributed by atoms with Crippen LogP contribution in [0.15, 0.2) is 30.6 Å². The van der Waals surface area contributed by atoms with Gasteiger partial charge in [0, 0.05) is 30.2 Å². The third-order valence-corrected chi connectivity index (χ3v) is 6.76. The number of amides is 1. The van der Waals surface area contributed by atoms with E-state index in [2.05, 4.69) is 21.4 Å². The van der Waals surface area contributed by atoms with Crippen LogP contribution in [-0.2, 0) is 33.1 Å². The number of nitriles is 1. The molecule has 2 aromatic rings. The minimum Gasteiger partial charge on any atom is -0.325 e. The summed E-state index contributed by atoms with van der Waals surface area (Å²) in [5.41, 5.74) is 2.80. The van der Waals surface area contributed by atoms with Gasteiger partial charge in [-0.1, -0.05) is 0 Å². The second-order valence-corrected chi connectivity index (χ2v) is 10.2. The lowest BCUT2D eigenvalue weighted by atomic mass is 9.73. The Labute approximate surface area is 170 Å². The number of carbonyl (C=O) groups is 1. The van der Waals surface area contributed by atoms with Gasteiger partial charge >= 0.3 is 0 Å². The number of hydrogen-bond donors (Lipinski definition) is 1. The highest BCUT2D eigenvalue weighted by Gasteiger charge is 2.48. The molecule has 2 aliphatic heterocycles. The molecule has 1 aromatic carbocycles.